The molecular weight excluding hydrogens is 340 g/mol. The zero-order valence-corrected chi connectivity index (χ0v) is 15.4. The van der Waals surface area contributed by atoms with Gasteiger partial charge in [0.15, 0.2) is 0 Å². The predicted octanol–water partition coefficient (Wildman–Crippen LogP) is 6.07. The maximum absolute atomic E-state index is 13.6. The molecule has 0 aliphatic carbocycles. The molecule has 0 saturated carbocycles. The smallest absolute Gasteiger partial charge is 0.306 e. The lowest BCUT2D eigenvalue weighted by atomic mass is 10.0. The molecule has 0 fully saturated rings. The van der Waals surface area contributed by atoms with Crippen LogP contribution in [-0.4, -0.2) is 24.5 Å². The van der Waals surface area contributed by atoms with E-state index in [9.17, 15) is 17.7 Å². The van der Waals surface area contributed by atoms with Gasteiger partial charge in [0.2, 0.25) is 0 Å². The van der Waals surface area contributed by atoms with Crippen LogP contribution in [0.1, 0.15) is 40.2 Å². The summed E-state index contributed by atoms with van der Waals surface area (Å²) in [6, 6.07) is 8.19. The minimum Gasteiger partial charge on any atom is -0.306 e. The van der Waals surface area contributed by atoms with Crippen LogP contribution in [0, 0.1) is 0 Å². The standard InChI is InChI=1S/C17H24F3O3P/c1-12(2)22-24(21,23-13(3)4)11-16(17(18,19)20)14(5)15-9-7-6-8-10-15/h6-10,12-13H,11H2,1-5H3/b16-14+. The Kier molecular flexibility index (Phi) is 7.26. The topological polar surface area (TPSA) is 35.5 Å². The van der Waals surface area contributed by atoms with Crippen molar-refractivity contribution in [2.45, 2.75) is 53.0 Å². The van der Waals surface area contributed by atoms with E-state index in [0.717, 1.165) is 0 Å². The first-order chi connectivity index (χ1) is 10.9. The van der Waals surface area contributed by atoms with E-state index in [-0.39, 0.29) is 5.57 Å². The molecule has 0 spiro atoms. The highest BCUT2D eigenvalue weighted by atomic mass is 31.2. The second-order valence-electron chi connectivity index (χ2n) is 6.04. The number of alkyl halides is 3. The molecule has 0 unspecified atom stereocenters. The van der Waals surface area contributed by atoms with Gasteiger partial charge in [0, 0.05) is 5.57 Å². The fraction of sp³-hybridized carbons (Fsp3) is 0.529. The quantitative estimate of drug-likeness (QED) is 0.551. The lowest BCUT2D eigenvalue weighted by Crippen LogP contribution is -2.20. The summed E-state index contributed by atoms with van der Waals surface area (Å²) in [7, 11) is -3.94. The molecule has 1 aromatic rings. The first-order valence-corrected chi connectivity index (χ1v) is 9.45. The third kappa shape index (κ3) is 6.42. The maximum atomic E-state index is 13.6. The molecule has 0 N–H and O–H groups in total. The van der Waals surface area contributed by atoms with Crippen molar-refractivity contribution in [1.29, 1.82) is 0 Å². The molecule has 0 saturated heterocycles. The Morgan fingerprint density at radius 2 is 1.50 bits per heavy atom. The average molecular weight is 364 g/mol. The zero-order valence-electron chi connectivity index (χ0n) is 14.6. The number of halogens is 3. The van der Waals surface area contributed by atoms with E-state index in [1.165, 1.54) is 6.92 Å². The fourth-order valence-electron chi connectivity index (χ4n) is 2.22. The van der Waals surface area contributed by atoms with E-state index < -0.39 is 37.7 Å². The molecule has 0 aliphatic heterocycles. The summed E-state index contributed by atoms with van der Waals surface area (Å²) in [5.74, 6) is 0. The molecule has 1 aromatic carbocycles. The molecule has 136 valence electrons. The monoisotopic (exact) mass is 364 g/mol. The van der Waals surface area contributed by atoms with Crippen molar-refractivity contribution in [2.24, 2.45) is 0 Å². The Bertz CT molecular complexity index is 593. The highest BCUT2D eigenvalue weighted by Gasteiger charge is 2.42. The van der Waals surface area contributed by atoms with Gasteiger partial charge in [-0.1, -0.05) is 30.3 Å². The van der Waals surface area contributed by atoms with Crippen molar-refractivity contribution in [2.75, 3.05) is 6.16 Å². The van der Waals surface area contributed by atoms with Crippen molar-refractivity contribution < 1.29 is 26.8 Å². The molecule has 7 heteroatoms. The van der Waals surface area contributed by atoms with Gasteiger partial charge < -0.3 is 9.05 Å². The first kappa shape index (κ1) is 20.9. The van der Waals surface area contributed by atoms with E-state index >= 15 is 0 Å². The van der Waals surface area contributed by atoms with Gasteiger partial charge in [0.05, 0.1) is 18.4 Å². The predicted molar refractivity (Wildman–Crippen MR) is 90.0 cm³/mol. The van der Waals surface area contributed by atoms with Gasteiger partial charge in [-0.05, 0) is 45.8 Å². The van der Waals surface area contributed by atoms with Gasteiger partial charge in [0.25, 0.3) is 0 Å². The minimum atomic E-state index is -4.63. The van der Waals surface area contributed by atoms with Gasteiger partial charge >= 0.3 is 13.8 Å². The molecule has 0 aromatic heterocycles. The summed E-state index contributed by atoms with van der Waals surface area (Å²) in [4.78, 5) is 0. The first-order valence-electron chi connectivity index (χ1n) is 7.73. The van der Waals surface area contributed by atoms with Crippen LogP contribution in [0.15, 0.2) is 35.9 Å². The Labute approximate surface area is 141 Å². The second kappa shape index (κ2) is 8.32. The van der Waals surface area contributed by atoms with Gasteiger partial charge in [0.1, 0.15) is 0 Å². The summed E-state index contributed by atoms with van der Waals surface area (Å²) >= 11 is 0. The Morgan fingerprint density at radius 1 is 1.04 bits per heavy atom. The molecular formula is C17H24F3O3P. The minimum absolute atomic E-state index is 0.0167. The zero-order chi connectivity index (χ0) is 18.5. The van der Waals surface area contributed by atoms with Crippen LogP contribution < -0.4 is 0 Å². The third-order valence-electron chi connectivity index (χ3n) is 3.10. The van der Waals surface area contributed by atoms with E-state index in [1.807, 2.05) is 0 Å². The van der Waals surface area contributed by atoms with Gasteiger partial charge in [-0.3, -0.25) is 4.57 Å². The Balaban J connectivity index is 3.33. The average Bonchev–Trinajstić information content (AvgIpc) is 2.42. The van der Waals surface area contributed by atoms with Gasteiger partial charge in [-0.25, -0.2) is 0 Å². The number of benzene rings is 1. The third-order valence-corrected chi connectivity index (χ3v) is 5.29. The van der Waals surface area contributed by atoms with Gasteiger partial charge in [-0.2, -0.15) is 13.2 Å². The second-order valence-corrected chi connectivity index (χ2v) is 8.00. The van der Waals surface area contributed by atoms with Crippen molar-refractivity contribution in [1.82, 2.24) is 0 Å². The number of hydrogen-bond donors (Lipinski definition) is 0. The highest BCUT2D eigenvalue weighted by molar-refractivity contribution is 7.54. The molecule has 24 heavy (non-hydrogen) atoms. The SMILES string of the molecule is C/C(=C(/CP(=O)(OC(C)C)OC(C)C)C(F)(F)F)c1ccccc1. The number of hydrogen-bond acceptors (Lipinski definition) is 3. The number of rotatable bonds is 7. The van der Waals surface area contributed by atoms with E-state index in [2.05, 4.69) is 0 Å². The molecule has 0 atom stereocenters. The lowest BCUT2D eigenvalue weighted by Gasteiger charge is -2.25. The largest absolute Gasteiger partial charge is 0.413 e. The molecule has 0 aliphatic rings. The molecule has 3 nitrogen and oxygen atoms in total. The molecule has 0 radical (unpaired) electrons. The van der Waals surface area contributed by atoms with E-state index in [1.54, 1.807) is 58.0 Å². The van der Waals surface area contributed by atoms with Crippen LogP contribution in [0.3, 0.4) is 0 Å². The Morgan fingerprint density at radius 3 is 1.88 bits per heavy atom. The Hall–Kier alpha value is -1.10. The van der Waals surface area contributed by atoms with Crippen molar-refractivity contribution in [3.63, 3.8) is 0 Å². The van der Waals surface area contributed by atoms with Crippen LogP contribution in [0.5, 0.6) is 0 Å². The summed E-state index contributed by atoms with van der Waals surface area (Å²) in [6.07, 6.45) is -6.47. The lowest BCUT2D eigenvalue weighted by molar-refractivity contribution is -0.0910. The highest BCUT2D eigenvalue weighted by Crippen LogP contribution is 2.54. The van der Waals surface area contributed by atoms with Crippen LogP contribution in [0.25, 0.3) is 5.57 Å². The van der Waals surface area contributed by atoms with E-state index in [4.69, 9.17) is 9.05 Å². The maximum Gasteiger partial charge on any atom is 0.413 e. The van der Waals surface area contributed by atoms with Crippen LogP contribution in [0.2, 0.25) is 0 Å². The molecule has 1 rings (SSSR count). The van der Waals surface area contributed by atoms with Crippen LogP contribution >= 0.6 is 7.60 Å². The van der Waals surface area contributed by atoms with Crippen LogP contribution in [-0.2, 0) is 13.6 Å². The van der Waals surface area contributed by atoms with Crippen molar-refractivity contribution in [3.05, 3.63) is 41.5 Å². The van der Waals surface area contributed by atoms with Crippen molar-refractivity contribution in [3.8, 4) is 0 Å². The summed E-state index contributed by atoms with van der Waals surface area (Å²) in [5, 5.41) is 0. The summed E-state index contributed by atoms with van der Waals surface area (Å²) in [5.41, 5.74) is -0.452. The normalized spacial score (nSPS) is 14.2. The summed E-state index contributed by atoms with van der Waals surface area (Å²) in [6.45, 7) is 7.80. The number of allylic oxidation sites excluding steroid dienone is 2. The molecule has 0 amide bonds. The fourth-order valence-corrected chi connectivity index (χ4v) is 4.51. The van der Waals surface area contributed by atoms with Crippen molar-refractivity contribution >= 4 is 13.2 Å². The van der Waals surface area contributed by atoms with Crippen LogP contribution in [0.4, 0.5) is 13.2 Å². The molecule has 0 heterocycles. The summed E-state index contributed by atoms with van der Waals surface area (Å²) < 4.78 is 64.1. The van der Waals surface area contributed by atoms with Gasteiger partial charge in [-0.15, -0.1) is 0 Å². The molecule has 0 bridgehead atoms. The van der Waals surface area contributed by atoms with E-state index in [0.29, 0.717) is 5.56 Å².